The van der Waals surface area contributed by atoms with Crippen LogP contribution in [0.1, 0.15) is 24.2 Å². The summed E-state index contributed by atoms with van der Waals surface area (Å²) in [5.74, 6) is -1.06. The van der Waals surface area contributed by atoms with Crippen LogP contribution in [0.4, 0.5) is 19.1 Å². The average Bonchev–Trinajstić information content (AvgIpc) is 2.79. The van der Waals surface area contributed by atoms with Crippen molar-refractivity contribution in [3.05, 3.63) is 17.4 Å². The molecule has 1 aromatic heterocycles. The Labute approximate surface area is 129 Å². The molecule has 1 aromatic rings. The highest BCUT2D eigenvalue weighted by Crippen LogP contribution is 2.32. The number of carbonyl (C=O) groups excluding carboxylic acids is 1. The van der Waals surface area contributed by atoms with Crippen LogP contribution in [-0.2, 0) is 17.6 Å². The lowest BCUT2D eigenvalue weighted by atomic mass is 9.99. The first-order chi connectivity index (χ1) is 10.1. The normalized spacial score (nSPS) is 15.5. The van der Waals surface area contributed by atoms with Crippen molar-refractivity contribution in [1.29, 1.82) is 0 Å². The Kier molecular flexibility index (Phi) is 4.75. The fourth-order valence-electron chi connectivity index (χ4n) is 2.52. The van der Waals surface area contributed by atoms with E-state index in [2.05, 4.69) is 19.6 Å². The number of fused-ring (bicyclic) bond motifs is 1. The van der Waals surface area contributed by atoms with Gasteiger partial charge in [0, 0.05) is 27.1 Å². The van der Waals surface area contributed by atoms with E-state index in [-0.39, 0.29) is 12.4 Å². The second-order valence-corrected chi connectivity index (χ2v) is 12.6. The van der Waals surface area contributed by atoms with Crippen LogP contribution in [-0.4, -0.2) is 26.7 Å². The number of hydrogen-bond donors (Lipinski definition) is 0. The molecule has 0 aliphatic heterocycles. The molecule has 1 heterocycles. The van der Waals surface area contributed by atoms with Crippen LogP contribution in [0.2, 0.25) is 25.7 Å². The standard InChI is InChI=1S/C15H22F3NO2Si/c1-22(2,3)9-8-19(14(20)15(16,17)18)13-10-11-6-4-5-7-12(11)21-13/h10H,4-9H2,1-3H3. The van der Waals surface area contributed by atoms with E-state index in [9.17, 15) is 18.0 Å². The first-order valence-electron chi connectivity index (χ1n) is 7.58. The monoisotopic (exact) mass is 333 g/mol. The predicted octanol–water partition coefficient (Wildman–Crippen LogP) is 4.39. The molecule has 0 radical (unpaired) electrons. The fraction of sp³-hybridized carbons (Fsp3) is 0.667. The van der Waals surface area contributed by atoms with Gasteiger partial charge in [-0.3, -0.25) is 9.69 Å². The molecule has 22 heavy (non-hydrogen) atoms. The highest BCUT2D eigenvalue weighted by atomic mass is 28.3. The number of carbonyl (C=O) groups is 1. The number of anilines is 1. The molecular formula is C15H22F3NO2Si. The lowest BCUT2D eigenvalue weighted by Gasteiger charge is -2.24. The van der Waals surface area contributed by atoms with Crippen molar-refractivity contribution in [3.8, 4) is 0 Å². The molecular weight excluding hydrogens is 311 g/mol. The SMILES string of the molecule is C[Si](C)(C)CCN(C(=O)C(F)(F)F)c1cc2c(o1)CCCC2. The number of hydrogen-bond acceptors (Lipinski definition) is 2. The van der Waals surface area contributed by atoms with Crippen LogP contribution in [0.3, 0.4) is 0 Å². The summed E-state index contributed by atoms with van der Waals surface area (Å²) in [6.45, 7) is 6.25. The molecule has 0 bridgehead atoms. The summed E-state index contributed by atoms with van der Waals surface area (Å²) in [4.78, 5) is 12.5. The van der Waals surface area contributed by atoms with Crippen molar-refractivity contribution in [1.82, 2.24) is 0 Å². The van der Waals surface area contributed by atoms with Crippen molar-refractivity contribution in [2.45, 2.75) is 57.5 Å². The zero-order chi connectivity index (χ0) is 16.5. The van der Waals surface area contributed by atoms with Gasteiger partial charge in [0.2, 0.25) is 5.88 Å². The van der Waals surface area contributed by atoms with Crippen LogP contribution in [0, 0.1) is 0 Å². The summed E-state index contributed by atoms with van der Waals surface area (Å²) in [5.41, 5.74) is 0.939. The Morgan fingerprint density at radius 2 is 1.91 bits per heavy atom. The van der Waals surface area contributed by atoms with Crippen LogP contribution in [0.25, 0.3) is 0 Å². The molecule has 124 valence electrons. The van der Waals surface area contributed by atoms with E-state index in [1.165, 1.54) is 0 Å². The maximum atomic E-state index is 12.9. The Morgan fingerprint density at radius 1 is 1.27 bits per heavy atom. The maximum Gasteiger partial charge on any atom is 0.471 e. The lowest BCUT2D eigenvalue weighted by molar-refractivity contribution is -0.170. The van der Waals surface area contributed by atoms with E-state index >= 15 is 0 Å². The third-order valence-electron chi connectivity index (χ3n) is 3.82. The molecule has 0 atom stereocenters. The van der Waals surface area contributed by atoms with Gasteiger partial charge in [0.05, 0.1) is 0 Å². The summed E-state index contributed by atoms with van der Waals surface area (Å²) >= 11 is 0. The van der Waals surface area contributed by atoms with Crippen molar-refractivity contribution in [2.24, 2.45) is 0 Å². The summed E-state index contributed by atoms with van der Waals surface area (Å²) < 4.78 is 44.2. The molecule has 0 unspecified atom stereocenters. The third-order valence-corrected chi connectivity index (χ3v) is 5.55. The van der Waals surface area contributed by atoms with E-state index in [1.54, 1.807) is 6.07 Å². The van der Waals surface area contributed by atoms with Crippen LogP contribution >= 0.6 is 0 Å². The molecule has 0 saturated carbocycles. The topological polar surface area (TPSA) is 33.5 Å². The molecule has 1 aliphatic rings. The van der Waals surface area contributed by atoms with Gasteiger partial charge in [-0.15, -0.1) is 0 Å². The first kappa shape index (κ1) is 17.1. The second kappa shape index (κ2) is 6.10. The molecule has 0 N–H and O–H groups in total. The smallest absolute Gasteiger partial charge is 0.445 e. The minimum Gasteiger partial charge on any atom is -0.445 e. The third kappa shape index (κ3) is 4.15. The van der Waals surface area contributed by atoms with Gasteiger partial charge in [0.1, 0.15) is 5.76 Å². The minimum atomic E-state index is -4.88. The second-order valence-electron chi connectivity index (χ2n) is 7.01. The van der Waals surface area contributed by atoms with Crippen molar-refractivity contribution in [3.63, 3.8) is 0 Å². The number of nitrogens with zero attached hydrogens (tertiary/aromatic N) is 1. The maximum absolute atomic E-state index is 12.9. The number of amides is 1. The summed E-state index contributed by atoms with van der Waals surface area (Å²) in [6.07, 6.45) is -1.36. The molecule has 0 saturated heterocycles. The summed E-state index contributed by atoms with van der Waals surface area (Å²) in [6, 6.07) is 2.21. The number of aryl methyl sites for hydroxylation is 2. The van der Waals surface area contributed by atoms with E-state index in [1.807, 2.05) is 0 Å². The highest BCUT2D eigenvalue weighted by Gasteiger charge is 2.44. The van der Waals surface area contributed by atoms with Crippen LogP contribution < -0.4 is 4.90 Å². The molecule has 0 fully saturated rings. The lowest BCUT2D eigenvalue weighted by Crippen LogP contribution is -2.43. The van der Waals surface area contributed by atoms with Crippen LogP contribution in [0.5, 0.6) is 0 Å². The molecule has 1 amide bonds. The van der Waals surface area contributed by atoms with E-state index < -0.39 is 20.2 Å². The van der Waals surface area contributed by atoms with Gasteiger partial charge in [-0.05, 0) is 30.9 Å². The van der Waals surface area contributed by atoms with Crippen molar-refractivity contribution in [2.75, 3.05) is 11.4 Å². The van der Waals surface area contributed by atoms with Gasteiger partial charge >= 0.3 is 12.1 Å². The zero-order valence-electron chi connectivity index (χ0n) is 13.2. The van der Waals surface area contributed by atoms with Gasteiger partial charge in [0.15, 0.2) is 0 Å². The predicted molar refractivity (Wildman–Crippen MR) is 81.9 cm³/mol. The highest BCUT2D eigenvalue weighted by molar-refractivity contribution is 6.76. The van der Waals surface area contributed by atoms with E-state index in [4.69, 9.17) is 4.42 Å². The number of furan rings is 1. The van der Waals surface area contributed by atoms with E-state index in [0.29, 0.717) is 6.04 Å². The van der Waals surface area contributed by atoms with Crippen LogP contribution in [0.15, 0.2) is 10.5 Å². The molecule has 2 rings (SSSR count). The Bertz CT molecular complexity index is 522. The molecule has 0 aromatic carbocycles. The number of rotatable bonds is 4. The minimum absolute atomic E-state index is 0.0486. The molecule has 1 aliphatic carbocycles. The van der Waals surface area contributed by atoms with E-state index in [0.717, 1.165) is 41.9 Å². The van der Waals surface area contributed by atoms with Crippen molar-refractivity contribution >= 4 is 19.9 Å². The molecule has 3 nitrogen and oxygen atoms in total. The zero-order valence-corrected chi connectivity index (χ0v) is 14.2. The quantitative estimate of drug-likeness (QED) is 0.766. The number of halogens is 3. The fourth-order valence-corrected chi connectivity index (χ4v) is 3.41. The van der Waals surface area contributed by atoms with Gasteiger partial charge in [-0.2, -0.15) is 13.2 Å². The van der Waals surface area contributed by atoms with Crippen molar-refractivity contribution < 1.29 is 22.4 Å². The summed E-state index contributed by atoms with van der Waals surface area (Å²) in [5, 5.41) is 0. The summed E-state index contributed by atoms with van der Waals surface area (Å²) in [7, 11) is -1.57. The van der Waals surface area contributed by atoms with Gasteiger partial charge in [-0.1, -0.05) is 19.6 Å². The Balaban J connectivity index is 2.27. The first-order valence-corrected chi connectivity index (χ1v) is 11.3. The largest absolute Gasteiger partial charge is 0.471 e. The Morgan fingerprint density at radius 3 is 2.45 bits per heavy atom. The molecule has 7 heteroatoms. The van der Waals surface area contributed by atoms with Gasteiger partial charge in [-0.25, -0.2) is 0 Å². The molecule has 0 spiro atoms. The Hall–Kier alpha value is -1.24. The van der Waals surface area contributed by atoms with Gasteiger partial charge < -0.3 is 4.42 Å². The average molecular weight is 333 g/mol. The number of alkyl halides is 3. The van der Waals surface area contributed by atoms with Gasteiger partial charge in [0.25, 0.3) is 0 Å².